The van der Waals surface area contributed by atoms with Gasteiger partial charge < -0.3 is 10.6 Å². The van der Waals surface area contributed by atoms with Gasteiger partial charge in [-0.25, -0.2) is 15.0 Å². The number of imidazole rings is 1. The Kier molecular flexibility index (Phi) is 9.99. The van der Waals surface area contributed by atoms with E-state index in [1.807, 2.05) is 46.9 Å². The lowest BCUT2D eigenvalue weighted by molar-refractivity contribution is 0.794. The number of guanidine groups is 1. The molecule has 0 aliphatic rings. The van der Waals surface area contributed by atoms with Gasteiger partial charge in [0.05, 0.1) is 6.54 Å². The summed E-state index contributed by atoms with van der Waals surface area (Å²) < 4.78 is 1.88. The smallest absolute Gasteiger partial charge is 0.191 e. The second-order valence-electron chi connectivity index (χ2n) is 6.31. The lowest BCUT2D eigenvalue weighted by Gasteiger charge is -2.15. The zero-order chi connectivity index (χ0) is 19.6. The van der Waals surface area contributed by atoms with Crippen molar-refractivity contribution in [2.75, 3.05) is 13.1 Å². The Balaban J connectivity index is 0.00000300. The van der Waals surface area contributed by atoms with E-state index in [-0.39, 0.29) is 24.0 Å². The van der Waals surface area contributed by atoms with Crippen LogP contribution in [0.25, 0.3) is 5.82 Å². The number of aromatic nitrogens is 3. The van der Waals surface area contributed by atoms with Gasteiger partial charge >= 0.3 is 0 Å². The maximum Gasteiger partial charge on any atom is 0.191 e. The van der Waals surface area contributed by atoms with Gasteiger partial charge in [0.15, 0.2) is 5.96 Å². The van der Waals surface area contributed by atoms with Gasteiger partial charge in [0, 0.05) is 41.8 Å². The standard InChI is InChI=1S/C21H26N6S.HI/c1-3-23-21(25-13-17(2)28-19-7-5-4-6-8-19)26-15-18-9-10-20(24-14-18)27-12-11-22-16-27;/h4-12,14,16-17H,3,13,15H2,1-2H3,(H2,23,25,26);1H. The van der Waals surface area contributed by atoms with Crippen molar-refractivity contribution in [1.82, 2.24) is 25.2 Å². The van der Waals surface area contributed by atoms with E-state index in [1.165, 1.54) is 4.90 Å². The van der Waals surface area contributed by atoms with Crippen molar-refractivity contribution < 1.29 is 0 Å². The predicted molar refractivity (Wildman–Crippen MR) is 131 cm³/mol. The number of nitrogens with zero attached hydrogens (tertiary/aromatic N) is 4. The van der Waals surface area contributed by atoms with E-state index in [1.54, 1.807) is 12.5 Å². The van der Waals surface area contributed by atoms with Crippen molar-refractivity contribution in [3.8, 4) is 5.82 Å². The van der Waals surface area contributed by atoms with Crippen molar-refractivity contribution in [1.29, 1.82) is 0 Å². The molecule has 8 heteroatoms. The monoisotopic (exact) mass is 522 g/mol. The summed E-state index contributed by atoms with van der Waals surface area (Å²) >= 11 is 1.86. The fourth-order valence-corrected chi connectivity index (χ4v) is 3.53. The van der Waals surface area contributed by atoms with Crippen LogP contribution in [0.1, 0.15) is 19.4 Å². The minimum Gasteiger partial charge on any atom is -0.357 e. The molecule has 3 rings (SSSR count). The van der Waals surface area contributed by atoms with Gasteiger partial charge in [-0.15, -0.1) is 35.7 Å². The van der Waals surface area contributed by atoms with Crippen LogP contribution in [-0.4, -0.2) is 38.8 Å². The topological polar surface area (TPSA) is 67.1 Å². The average Bonchev–Trinajstić information content (AvgIpc) is 3.26. The highest BCUT2D eigenvalue weighted by Crippen LogP contribution is 2.21. The van der Waals surface area contributed by atoms with Gasteiger partial charge in [-0.3, -0.25) is 4.57 Å². The van der Waals surface area contributed by atoms with Gasteiger partial charge in [-0.05, 0) is 30.7 Å². The van der Waals surface area contributed by atoms with E-state index < -0.39 is 0 Å². The van der Waals surface area contributed by atoms with Crippen LogP contribution in [0.15, 0.2) is 77.3 Å². The zero-order valence-corrected chi connectivity index (χ0v) is 19.8. The fourth-order valence-electron chi connectivity index (χ4n) is 2.58. The maximum absolute atomic E-state index is 4.68. The molecule has 2 aromatic heterocycles. The normalized spacial score (nSPS) is 12.1. The first kappa shape index (κ1) is 23.2. The van der Waals surface area contributed by atoms with Crippen LogP contribution in [0.4, 0.5) is 0 Å². The number of hydrogen-bond acceptors (Lipinski definition) is 4. The number of nitrogens with one attached hydrogen (secondary N) is 2. The number of hydrogen-bond donors (Lipinski definition) is 2. The molecular formula is C21H27IN6S. The lowest BCUT2D eigenvalue weighted by Crippen LogP contribution is -2.40. The van der Waals surface area contributed by atoms with Crippen LogP contribution in [-0.2, 0) is 6.54 Å². The lowest BCUT2D eigenvalue weighted by atomic mass is 10.3. The van der Waals surface area contributed by atoms with Crippen molar-refractivity contribution in [2.45, 2.75) is 30.5 Å². The third kappa shape index (κ3) is 7.69. The Labute approximate surface area is 193 Å². The summed E-state index contributed by atoms with van der Waals surface area (Å²) in [6.07, 6.45) is 7.21. The minimum atomic E-state index is 0. The van der Waals surface area contributed by atoms with Gasteiger partial charge in [0.1, 0.15) is 12.1 Å². The van der Waals surface area contributed by atoms with Crippen LogP contribution in [0, 0.1) is 0 Å². The molecule has 0 spiro atoms. The Bertz CT molecular complexity index is 853. The highest BCUT2D eigenvalue weighted by Gasteiger charge is 2.06. The SMILES string of the molecule is CCNC(=NCc1ccc(-n2ccnc2)nc1)NCC(C)Sc1ccccc1.I. The molecule has 3 aromatic rings. The molecule has 0 saturated heterocycles. The van der Waals surface area contributed by atoms with Gasteiger partial charge in [-0.2, -0.15) is 0 Å². The van der Waals surface area contributed by atoms with Crippen molar-refractivity contribution in [3.05, 3.63) is 72.9 Å². The summed E-state index contributed by atoms with van der Waals surface area (Å²) in [5.74, 6) is 1.67. The number of aliphatic imine (C=N–C) groups is 1. The Morgan fingerprint density at radius 3 is 2.66 bits per heavy atom. The minimum absolute atomic E-state index is 0. The molecular weight excluding hydrogens is 495 g/mol. The molecule has 0 bridgehead atoms. The molecule has 2 N–H and O–H groups in total. The molecule has 2 heterocycles. The first-order chi connectivity index (χ1) is 13.7. The first-order valence-electron chi connectivity index (χ1n) is 9.41. The number of pyridine rings is 1. The number of rotatable bonds is 8. The van der Waals surface area contributed by atoms with Crippen molar-refractivity contribution in [3.63, 3.8) is 0 Å². The number of thioether (sulfide) groups is 1. The molecule has 1 atom stereocenters. The van der Waals surface area contributed by atoms with Crippen molar-refractivity contribution >= 4 is 41.7 Å². The first-order valence-corrected chi connectivity index (χ1v) is 10.3. The Morgan fingerprint density at radius 1 is 1.17 bits per heavy atom. The Morgan fingerprint density at radius 2 is 2.00 bits per heavy atom. The van der Waals surface area contributed by atoms with Gasteiger partial charge in [0.25, 0.3) is 0 Å². The van der Waals surface area contributed by atoms with Crippen molar-refractivity contribution in [2.24, 2.45) is 4.99 Å². The quantitative estimate of drug-likeness (QED) is 0.202. The highest BCUT2D eigenvalue weighted by atomic mass is 127. The number of halogens is 1. The zero-order valence-electron chi connectivity index (χ0n) is 16.7. The molecule has 154 valence electrons. The van der Waals surface area contributed by atoms with Gasteiger partial charge in [-0.1, -0.05) is 31.2 Å². The summed E-state index contributed by atoms with van der Waals surface area (Å²) in [7, 11) is 0. The molecule has 0 aliphatic carbocycles. The summed E-state index contributed by atoms with van der Waals surface area (Å²) in [6, 6.07) is 14.5. The average molecular weight is 522 g/mol. The molecule has 0 radical (unpaired) electrons. The third-order valence-corrected chi connectivity index (χ3v) is 5.09. The van der Waals surface area contributed by atoms with E-state index in [0.717, 1.165) is 30.4 Å². The largest absolute Gasteiger partial charge is 0.357 e. The van der Waals surface area contributed by atoms with Crippen LogP contribution in [0.5, 0.6) is 0 Å². The maximum atomic E-state index is 4.68. The number of benzene rings is 1. The Hall–Kier alpha value is -2.07. The molecule has 0 aliphatic heterocycles. The van der Waals surface area contributed by atoms with Crippen LogP contribution in [0.3, 0.4) is 0 Å². The molecule has 0 saturated carbocycles. The highest BCUT2D eigenvalue weighted by molar-refractivity contribution is 14.0. The van der Waals surface area contributed by atoms with E-state index in [4.69, 9.17) is 0 Å². The molecule has 6 nitrogen and oxygen atoms in total. The van der Waals surface area contributed by atoms with E-state index >= 15 is 0 Å². The van der Waals surface area contributed by atoms with Gasteiger partial charge in [0.2, 0.25) is 0 Å². The molecule has 0 amide bonds. The van der Waals surface area contributed by atoms with Crippen LogP contribution < -0.4 is 10.6 Å². The van der Waals surface area contributed by atoms with E-state index in [0.29, 0.717) is 11.8 Å². The summed E-state index contributed by atoms with van der Waals surface area (Å²) in [6.45, 7) is 6.52. The predicted octanol–water partition coefficient (Wildman–Crippen LogP) is 4.12. The molecule has 0 fully saturated rings. The van der Waals surface area contributed by atoms with Crippen LogP contribution >= 0.6 is 35.7 Å². The molecule has 29 heavy (non-hydrogen) atoms. The third-order valence-electron chi connectivity index (χ3n) is 3.98. The summed E-state index contributed by atoms with van der Waals surface area (Å²) in [5, 5.41) is 7.17. The molecule has 1 aromatic carbocycles. The van der Waals surface area contributed by atoms with E-state index in [2.05, 4.69) is 63.7 Å². The summed E-state index contributed by atoms with van der Waals surface area (Å²) in [4.78, 5) is 14.5. The molecule has 1 unspecified atom stereocenters. The van der Waals surface area contributed by atoms with Crippen LogP contribution in [0.2, 0.25) is 0 Å². The summed E-state index contributed by atoms with van der Waals surface area (Å²) in [5.41, 5.74) is 1.06. The second kappa shape index (κ2) is 12.5. The second-order valence-corrected chi connectivity index (χ2v) is 7.82. The van der Waals surface area contributed by atoms with E-state index in [9.17, 15) is 0 Å². The fraction of sp³-hybridized carbons (Fsp3) is 0.286.